The van der Waals surface area contributed by atoms with Gasteiger partial charge in [-0.25, -0.2) is 4.68 Å². The molecule has 3 aromatic rings. The summed E-state index contributed by atoms with van der Waals surface area (Å²) in [7, 11) is 0. The number of benzene rings is 1. The van der Waals surface area contributed by atoms with Gasteiger partial charge in [0.15, 0.2) is 5.82 Å². The van der Waals surface area contributed by atoms with Gasteiger partial charge >= 0.3 is 0 Å². The summed E-state index contributed by atoms with van der Waals surface area (Å²) < 4.78 is 1.39. The molecule has 0 fully saturated rings. The van der Waals surface area contributed by atoms with Gasteiger partial charge in [0.25, 0.3) is 5.91 Å². The zero-order chi connectivity index (χ0) is 23.0. The molecule has 2 amide bonds. The van der Waals surface area contributed by atoms with E-state index in [1.807, 2.05) is 12.1 Å². The van der Waals surface area contributed by atoms with Gasteiger partial charge in [0.05, 0.1) is 11.3 Å². The Labute approximate surface area is 194 Å². The molecule has 0 unspecified atom stereocenters. The van der Waals surface area contributed by atoms with Gasteiger partial charge in [-0.3, -0.25) is 9.59 Å². The molecule has 32 heavy (non-hydrogen) atoms. The van der Waals surface area contributed by atoms with Crippen LogP contribution in [0.5, 0.6) is 0 Å². The molecule has 0 radical (unpaired) electrons. The van der Waals surface area contributed by atoms with Gasteiger partial charge in [0.1, 0.15) is 5.00 Å². The number of hydrogen-bond acceptors (Lipinski definition) is 7. The van der Waals surface area contributed by atoms with Crippen LogP contribution in [0.25, 0.3) is 11.4 Å². The largest absolute Gasteiger partial charge is 0.365 e. The minimum Gasteiger partial charge on any atom is -0.365 e. The maximum atomic E-state index is 12.5. The van der Waals surface area contributed by atoms with Gasteiger partial charge in [-0.05, 0) is 35.8 Å². The SMILES string of the molecule is CC(C)(C)c1ccc(-c2nnc(SCC(=O)Nc3sc4c(c3C(N)=O)CCC4)n2N)cc1. The number of rotatable bonds is 6. The normalized spacial score (nSPS) is 13.2. The van der Waals surface area contributed by atoms with Crippen LogP contribution in [0.3, 0.4) is 0 Å². The van der Waals surface area contributed by atoms with E-state index in [0.29, 0.717) is 21.5 Å². The molecule has 0 aliphatic heterocycles. The lowest BCUT2D eigenvalue weighted by atomic mass is 9.87. The Hall–Kier alpha value is -2.85. The highest BCUT2D eigenvalue weighted by molar-refractivity contribution is 7.99. The smallest absolute Gasteiger partial charge is 0.251 e. The molecule has 0 saturated carbocycles. The summed E-state index contributed by atoms with van der Waals surface area (Å²) in [5.41, 5.74) is 9.11. The molecule has 1 aliphatic carbocycles. The van der Waals surface area contributed by atoms with E-state index < -0.39 is 5.91 Å². The second-order valence-corrected chi connectivity index (χ2v) is 10.8. The first-order valence-corrected chi connectivity index (χ1v) is 12.1. The van der Waals surface area contributed by atoms with E-state index in [2.05, 4.69) is 48.4 Å². The summed E-state index contributed by atoms with van der Waals surface area (Å²) in [6.07, 6.45) is 2.75. The molecule has 10 heteroatoms. The number of nitrogen functional groups attached to an aromatic ring is 1. The molecule has 2 heterocycles. The third kappa shape index (κ3) is 4.37. The molecule has 0 saturated heterocycles. The average molecular weight is 471 g/mol. The molecule has 1 aromatic carbocycles. The number of aryl methyl sites for hydroxylation is 1. The van der Waals surface area contributed by atoms with E-state index >= 15 is 0 Å². The predicted octanol–water partition coefficient (Wildman–Crippen LogP) is 3.34. The van der Waals surface area contributed by atoms with E-state index in [4.69, 9.17) is 11.6 Å². The Kier molecular flexibility index (Phi) is 6.00. The summed E-state index contributed by atoms with van der Waals surface area (Å²) in [4.78, 5) is 25.6. The molecule has 0 bridgehead atoms. The van der Waals surface area contributed by atoms with Crippen molar-refractivity contribution in [2.24, 2.45) is 5.73 Å². The van der Waals surface area contributed by atoms with Crippen molar-refractivity contribution in [3.8, 4) is 11.4 Å². The minimum atomic E-state index is -0.504. The Bertz CT molecular complexity index is 1170. The Morgan fingerprint density at radius 3 is 2.56 bits per heavy atom. The second-order valence-electron chi connectivity index (χ2n) is 8.77. The zero-order valence-electron chi connectivity index (χ0n) is 18.3. The number of carbonyl (C=O) groups is 2. The first-order chi connectivity index (χ1) is 15.1. The molecule has 168 valence electrons. The van der Waals surface area contributed by atoms with E-state index in [1.165, 1.54) is 33.3 Å². The summed E-state index contributed by atoms with van der Waals surface area (Å²) in [5.74, 6) is 6.04. The van der Waals surface area contributed by atoms with E-state index in [0.717, 1.165) is 35.3 Å². The molecule has 4 rings (SSSR count). The van der Waals surface area contributed by atoms with Crippen molar-refractivity contribution in [2.45, 2.75) is 50.6 Å². The highest BCUT2D eigenvalue weighted by atomic mass is 32.2. The Morgan fingerprint density at radius 1 is 1.19 bits per heavy atom. The number of thioether (sulfide) groups is 1. The van der Waals surface area contributed by atoms with Crippen LogP contribution < -0.4 is 16.9 Å². The van der Waals surface area contributed by atoms with Gasteiger partial charge in [-0.15, -0.1) is 21.5 Å². The van der Waals surface area contributed by atoms with Crippen LogP contribution in [0.2, 0.25) is 0 Å². The maximum absolute atomic E-state index is 12.5. The first kappa shape index (κ1) is 22.3. The molecular formula is C22H26N6O2S2. The number of nitrogens with one attached hydrogen (secondary N) is 1. The minimum absolute atomic E-state index is 0.0559. The fourth-order valence-electron chi connectivity index (χ4n) is 3.74. The number of amides is 2. The quantitative estimate of drug-likeness (QED) is 0.374. The molecular weight excluding hydrogens is 444 g/mol. The van der Waals surface area contributed by atoms with Crippen LogP contribution >= 0.6 is 23.1 Å². The van der Waals surface area contributed by atoms with Gasteiger partial charge in [-0.1, -0.05) is 56.8 Å². The van der Waals surface area contributed by atoms with Crippen LogP contribution in [-0.4, -0.2) is 32.4 Å². The number of hydrogen-bond donors (Lipinski definition) is 3. The number of nitrogens with zero attached hydrogens (tertiary/aromatic N) is 3. The third-order valence-corrected chi connectivity index (χ3v) is 7.58. The zero-order valence-corrected chi connectivity index (χ0v) is 19.9. The topological polar surface area (TPSA) is 129 Å². The van der Waals surface area contributed by atoms with Crippen molar-refractivity contribution in [3.63, 3.8) is 0 Å². The summed E-state index contributed by atoms with van der Waals surface area (Å²) >= 11 is 2.62. The van der Waals surface area contributed by atoms with Crippen molar-refractivity contribution in [2.75, 3.05) is 16.9 Å². The summed E-state index contributed by atoms with van der Waals surface area (Å²) in [5, 5.41) is 12.1. The van der Waals surface area contributed by atoms with Gasteiger partial charge in [-0.2, -0.15) is 0 Å². The van der Waals surface area contributed by atoms with Crippen LogP contribution in [0.1, 0.15) is 53.6 Å². The van der Waals surface area contributed by atoms with Crippen molar-refractivity contribution in [1.29, 1.82) is 0 Å². The summed E-state index contributed by atoms with van der Waals surface area (Å²) in [6.45, 7) is 6.47. The standard InChI is InChI=1S/C22H26N6O2S2/c1-22(2,3)13-9-7-12(8-10-13)19-26-27-21(28(19)24)31-11-16(29)25-20-17(18(23)30)14-5-4-6-15(14)32-20/h7-10H,4-6,11,24H2,1-3H3,(H2,23,30)(H,25,29). The monoisotopic (exact) mass is 470 g/mol. The van der Waals surface area contributed by atoms with E-state index in [-0.39, 0.29) is 17.1 Å². The van der Waals surface area contributed by atoms with Gasteiger partial charge in [0, 0.05) is 10.4 Å². The van der Waals surface area contributed by atoms with Gasteiger partial charge < -0.3 is 16.9 Å². The van der Waals surface area contributed by atoms with Crippen LogP contribution in [0.15, 0.2) is 29.4 Å². The molecule has 1 aliphatic rings. The van der Waals surface area contributed by atoms with Crippen molar-refractivity contribution in [1.82, 2.24) is 14.9 Å². The fraction of sp³-hybridized carbons (Fsp3) is 0.364. The maximum Gasteiger partial charge on any atom is 0.251 e. The van der Waals surface area contributed by atoms with Crippen LogP contribution in [0, 0.1) is 0 Å². The highest BCUT2D eigenvalue weighted by Gasteiger charge is 2.26. The molecule has 5 N–H and O–H groups in total. The van der Waals surface area contributed by atoms with Crippen LogP contribution in [0.4, 0.5) is 5.00 Å². The molecule has 0 atom stereocenters. The second kappa shape index (κ2) is 8.59. The molecule has 0 spiro atoms. The fourth-order valence-corrected chi connectivity index (χ4v) is 5.70. The van der Waals surface area contributed by atoms with Crippen molar-refractivity contribution < 1.29 is 9.59 Å². The van der Waals surface area contributed by atoms with Crippen molar-refractivity contribution >= 4 is 39.9 Å². The number of nitrogens with two attached hydrogens (primary N) is 2. The predicted molar refractivity (Wildman–Crippen MR) is 129 cm³/mol. The highest BCUT2D eigenvalue weighted by Crippen LogP contribution is 2.39. The lowest BCUT2D eigenvalue weighted by molar-refractivity contribution is -0.113. The number of thiophene rings is 1. The molecule has 2 aromatic heterocycles. The Balaban J connectivity index is 1.43. The number of fused-ring (bicyclic) bond motifs is 1. The van der Waals surface area contributed by atoms with Crippen LogP contribution in [-0.2, 0) is 23.1 Å². The van der Waals surface area contributed by atoms with E-state index in [9.17, 15) is 9.59 Å². The molecule has 8 nitrogen and oxygen atoms in total. The average Bonchev–Trinajstić information content (AvgIpc) is 3.40. The van der Waals surface area contributed by atoms with E-state index in [1.54, 1.807) is 0 Å². The number of anilines is 1. The third-order valence-electron chi connectivity index (χ3n) is 5.43. The lowest BCUT2D eigenvalue weighted by Gasteiger charge is -2.19. The Morgan fingerprint density at radius 2 is 1.91 bits per heavy atom. The lowest BCUT2D eigenvalue weighted by Crippen LogP contribution is -2.19. The first-order valence-electron chi connectivity index (χ1n) is 10.3. The van der Waals surface area contributed by atoms with Gasteiger partial charge in [0.2, 0.25) is 11.1 Å². The number of primary amides is 1. The number of carbonyl (C=O) groups excluding carboxylic acids is 2. The number of aromatic nitrogens is 3. The summed E-state index contributed by atoms with van der Waals surface area (Å²) in [6, 6.07) is 8.05. The van der Waals surface area contributed by atoms with Crippen molar-refractivity contribution in [3.05, 3.63) is 45.8 Å².